The van der Waals surface area contributed by atoms with E-state index >= 15 is 0 Å². The van der Waals surface area contributed by atoms with Crippen LogP contribution < -0.4 is 10.6 Å². The van der Waals surface area contributed by atoms with E-state index in [0.29, 0.717) is 18.5 Å². The number of pyridine rings is 1. The SMILES string of the molecule is CC(N=C(NC#N)Nc1cccc(C(=CCCCC(=O)O)c2cccnc2)c1)C(O)c1ccccc1. The summed E-state index contributed by atoms with van der Waals surface area (Å²) in [5.74, 6) is -0.605. The summed E-state index contributed by atoms with van der Waals surface area (Å²) in [6.45, 7) is 1.77. The highest BCUT2D eigenvalue weighted by atomic mass is 16.4. The van der Waals surface area contributed by atoms with E-state index in [-0.39, 0.29) is 12.4 Å². The quantitative estimate of drug-likeness (QED) is 0.108. The second-order valence-corrected chi connectivity index (χ2v) is 8.16. The molecule has 4 N–H and O–H groups in total. The third-order valence-corrected chi connectivity index (χ3v) is 5.46. The molecule has 184 valence electrons. The molecular formula is C28H29N5O3. The predicted octanol–water partition coefficient (Wildman–Crippen LogP) is 4.73. The van der Waals surface area contributed by atoms with Crippen LogP contribution in [0.3, 0.4) is 0 Å². The summed E-state index contributed by atoms with van der Waals surface area (Å²) in [6, 6.07) is 20.1. The van der Waals surface area contributed by atoms with E-state index < -0.39 is 18.1 Å². The summed E-state index contributed by atoms with van der Waals surface area (Å²) >= 11 is 0. The van der Waals surface area contributed by atoms with Crippen LogP contribution in [0.25, 0.3) is 5.57 Å². The van der Waals surface area contributed by atoms with E-state index in [4.69, 9.17) is 5.11 Å². The number of aliphatic imine (C=N–C) groups is 1. The average molecular weight is 484 g/mol. The molecule has 1 aromatic heterocycles. The minimum Gasteiger partial charge on any atom is -0.481 e. The number of nitrogens with one attached hydrogen (secondary N) is 2. The van der Waals surface area contributed by atoms with Crippen molar-refractivity contribution in [2.24, 2.45) is 4.99 Å². The van der Waals surface area contributed by atoms with Crippen LogP contribution in [-0.2, 0) is 4.79 Å². The van der Waals surface area contributed by atoms with Crippen molar-refractivity contribution in [1.82, 2.24) is 10.3 Å². The molecule has 36 heavy (non-hydrogen) atoms. The highest BCUT2D eigenvalue weighted by Crippen LogP contribution is 2.26. The van der Waals surface area contributed by atoms with E-state index in [1.54, 1.807) is 19.3 Å². The molecule has 2 unspecified atom stereocenters. The topological polar surface area (TPSA) is 131 Å². The number of rotatable bonds is 10. The van der Waals surface area contributed by atoms with Crippen LogP contribution in [-0.4, -0.2) is 33.2 Å². The number of aliphatic hydroxyl groups excluding tert-OH is 1. The van der Waals surface area contributed by atoms with Crippen molar-refractivity contribution in [3.05, 3.63) is 102 Å². The minimum absolute atomic E-state index is 0.102. The van der Waals surface area contributed by atoms with Gasteiger partial charge in [0.1, 0.15) is 6.10 Å². The Morgan fingerprint density at radius 1 is 1.14 bits per heavy atom. The molecule has 3 rings (SSSR count). The summed E-state index contributed by atoms with van der Waals surface area (Å²) in [5, 5.41) is 34.5. The molecule has 0 aliphatic heterocycles. The molecule has 0 amide bonds. The van der Waals surface area contributed by atoms with Gasteiger partial charge in [-0.05, 0) is 54.7 Å². The molecule has 8 heteroatoms. The molecule has 2 aromatic carbocycles. The number of aromatic nitrogens is 1. The largest absolute Gasteiger partial charge is 0.481 e. The number of hydrogen-bond donors (Lipinski definition) is 4. The first-order valence-corrected chi connectivity index (χ1v) is 11.6. The molecular weight excluding hydrogens is 454 g/mol. The van der Waals surface area contributed by atoms with E-state index in [1.807, 2.05) is 79.0 Å². The number of allylic oxidation sites excluding steroid dienone is 1. The van der Waals surface area contributed by atoms with Crippen molar-refractivity contribution in [3.63, 3.8) is 0 Å². The highest BCUT2D eigenvalue weighted by Gasteiger charge is 2.16. The summed E-state index contributed by atoms with van der Waals surface area (Å²) in [5.41, 5.74) is 4.17. The van der Waals surface area contributed by atoms with Crippen LogP contribution >= 0.6 is 0 Å². The molecule has 0 saturated carbocycles. The van der Waals surface area contributed by atoms with Gasteiger partial charge in [0.05, 0.1) is 6.04 Å². The van der Waals surface area contributed by atoms with Crippen LogP contribution in [0.1, 0.15) is 49.0 Å². The number of carbonyl (C=O) groups is 1. The van der Waals surface area contributed by atoms with Gasteiger partial charge in [0.15, 0.2) is 6.19 Å². The Morgan fingerprint density at radius 3 is 2.61 bits per heavy atom. The maximum Gasteiger partial charge on any atom is 0.303 e. The Bertz CT molecular complexity index is 1240. The normalized spacial score (nSPS) is 13.4. The van der Waals surface area contributed by atoms with Crippen LogP contribution in [0.15, 0.2) is 90.2 Å². The Morgan fingerprint density at radius 2 is 1.92 bits per heavy atom. The second-order valence-electron chi connectivity index (χ2n) is 8.16. The fourth-order valence-electron chi connectivity index (χ4n) is 3.68. The van der Waals surface area contributed by atoms with Gasteiger partial charge in [-0.25, -0.2) is 4.99 Å². The highest BCUT2D eigenvalue weighted by molar-refractivity contribution is 5.95. The van der Waals surface area contributed by atoms with Crippen molar-refractivity contribution in [2.45, 2.75) is 38.3 Å². The molecule has 0 fully saturated rings. The number of unbranched alkanes of at least 4 members (excludes halogenated alkanes) is 1. The van der Waals surface area contributed by atoms with Gasteiger partial charge >= 0.3 is 5.97 Å². The van der Waals surface area contributed by atoms with Crippen molar-refractivity contribution in [1.29, 1.82) is 5.26 Å². The van der Waals surface area contributed by atoms with E-state index in [9.17, 15) is 15.2 Å². The number of anilines is 1. The molecule has 1 heterocycles. The third kappa shape index (κ3) is 7.79. The molecule has 0 bridgehead atoms. The maximum absolute atomic E-state index is 10.9. The summed E-state index contributed by atoms with van der Waals surface area (Å²) in [4.78, 5) is 19.6. The number of aliphatic carboxylic acids is 1. The number of nitriles is 1. The van der Waals surface area contributed by atoms with E-state index in [2.05, 4.69) is 20.6 Å². The van der Waals surface area contributed by atoms with Crippen molar-refractivity contribution >= 4 is 23.2 Å². The molecule has 0 aliphatic rings. The van der Waals surface area contributed by atoms with Gasteiger partial charge in [-0.15, -0.1) is 0 Å². The van der Waals surface area contributed by atoms with Crippen LogP contribution in [0.5, 0.6) is 0 Å². The average Bonchev–Trinajstić information content (AvgIpc) is 2.89. The molecule has 0 radical (unpaired) electrons. The number of carboxylic acid groups (broad SMARTS) is 1. The molecule has 2 atom stereocenters. The molecule has 0 spiro atoms. The minimum atomic E-state index is -0.833. The monoisotopic (exact) mass is 483 g/mol. The van der Waals surface area contributed by atoms with Gasteiger partial charge in [0, 0.05) is 30.1 Å². The lowest BCUT2D eigenvalue weighted by Crippen LogP contribution is -2.29. The van der Waals surface area contributed by atoms with Gasteiger partial charge in [-0.3, -0.25) is 15.1 Å². The lowest BCUT2D eigenvalue weighted by Gasteiger charge is -2.18. The van der Waals surface area contributed by atoms with Gasteiger partial charge in [0.2, 0.25) is 5.96 Å². The number of hydrogen-bond acceptors (Lipinski definition) is 5. The smallest absolute Gasteiger partial charge is 0.303 e. The maximum atomic E-state index is 10.9. The first-order chi connectivity index (χ1) is 17.5. The standard InChI is InChI=1S/C28H29N5O3/c1-20(27(36)21-9-3-2-4-10-21)32-28(31-19-29)33-24-13-7-11-22(17-24)25(14-5-6-15-26(34)35)23-12-8-16-30-18-23/h2-4,7-14,16-18,20,27,36H,5-6,15H2,1H3,(H,34,35)(H2,31,32,33). The number of carboxylic acids is 1. The van der Waals surface area contributed by atoms with Crippen LogP contribution in [0.4, 0.5) is 5.69 Å². The predicted molar refractivity (Wildman–Crippen MR) is 140 cm³/mol. The third-order valence-electron chi connectivity index (χ3n) is 5.46. The summed E-state index contributed by atoms with van der Waals surface area (Å²) < 4.78 is 0. The van der Waals surface area contributed by atoms with Gasteiger partial charge in [-0.2, -0.15) is 5.26 Å². The Hall–Kier alpha value is -4.48. The van der Waals surface area contributed by atoms with E-state index in [1.165, 1.54) is 0 Å². The van der Waals surface area contributed by atoms with E-state index in [0.717, 1.165) is 22.3 Å². The fraction of sp³-hybridized carbons (Fsp3) is 0.214. The van der Waals surface area contributed by atoms with Crippen molar-refractivity contribution in [3.8, 4) is 6.19 Å². The molecule has 0 aliphatic carbocycles. The Kier molecular flexibility index (Phi) is 9.74. The lowest BCUT2D eigenvalue weighted by molar-refractivity contribution is -0.137. The zero-order valence-electron chi connectivity index (χ0n) is 20.0. The lowest BCUT2D eigenvalue weighted by atomic mass is 9.97. The number of nitrogens with zero attached hydrogens (tertiary/aromatic N) is 3. The number of aliphatic hydroxyl groups is 1. The second kappa shape index (κ2) is 13.4. The zero-order valence-corrected chi connectivity index (χ0v) is 20.0. The van der Waals surface area contributed by atoms with Gasteiger partial charge in [0.25, 0.3) is 0 Å². The van der Waals surface area contributed by atoms with Gasteiger partial charge in [-0.1, -0.05) is 54.6 Å². The molecule has 0 saturated heterocycles. The van der Waals surface area contributed by atoms with Gasteiger partial charge < -0.3 is 15.5 Å². The Balaban J connectivity index is 1.84. The summed E-state index contributed by atoms with van der Waals surface area (Å²) in [7, 11) is 0. The zero-order chi connectivity index (χ0) is 25.8. The first kappa shape index (κ1) is 26.1. The molecule has 3 aromatic rings. The van der Waals surface area contributed by atoms with Crippen LogP contribution in [0.2, 0.25) is 0 Å². The Labute approximate surface area is 210 Å². The van der Waals surface area contributed by atoms with Crippen LogP contribution in [0, 0.1) is 11.5 Å². The number of benzene rings is 2. The first-order valence-electron chi connectivity index (χ1n) is 11.6. The fourth-order valence-corrected chi connectivity index (χ4v) is 3.68. The molecule has 8 nitrogen and oxygen atoms in total. The number of guanidine groups is 1. The van der Waals surface area contributed by atoms with Crippen molar-refractivity contribution < 1.29 is 15.0 Å². The summed E-state index contributed by atoms with van der Waals surface area (Å²) in [6.07, 6.45) is 7.77. The van der Waals surface area contributed by atoms with Crippen molar-refractivity contribution in [2.75, 3.05) is 5.32 Å².